The molecule has 0 amide bonds. The molecule has 0 fully saturated rings. The minimum absolute atomic E-state index is 0.348. The van der Waals surface area contributed by atoms with Gasteiger partial charge in [0.1, 0.15) is 11.2 Å². The van der Waals surface area contributed by atoms with Gasteiger partial charge in [0.05, 0.1) is 5.52 Å². The van der Waals surface area contributed by atoms with Gasteiger partial charge >= 0.3 is 0 Å². The monoisotopic (exact) mass is 292 g/mol. The number of aromatic amines is 1. The summed E-state index contributed by atoms with van der Waals surface area (Å²) in [5.41, 5.74) is 3.39. The van der Waals surface area contributed by atoms with Gasteiger partial charge in [0, 0.05) is 11.1 Å². The maximum atomic E-state index is 10.4. The number of rotatable bonds is 3. The van der Waals surface area contributed by atoms with E-state index in [1.807, 2.05) is 18.2 Å². The highest BCUT2D eigenvalue weighted by Gasteiger charge is 2.11. The van der Waals surface area contributed by atoms with Crippen molar-refractivity contribution in [2.24, 2.45) is 5.18 Å². The van der Waals surface area contributed by atoms with Crippen molar-refractivity contribution >= 4 is 16.7 Å². The molecule has 2 aromatic carbocycles. The van der Waals surface area contributed by atoms with Crippen LogP contribution in [0.15, 0.2) is 52.1 Å². The summed E-state index contributed by atoms with van der Waals surface area (Å²) < 4.78 is 5.67. The van der Waals surface area contributed by atoms with Crippen LogP contribution in [0.2, 0.25) is 0 Å². The van der Waals surface area contributed by atoms with Gasteiger partial charge in [-0.15, -0.1) is 20.2 Å². The first-order chi connectivity index (χ1) is 10.8. The van der Waals surface area contributed by atoms with Gasteiger partial charge in [-0.2, -0.15) is 0 Å². The first-order valence-corrected chi connectivity index (χ1v) is 6.42. The molecule has 0 aliphatic carbocycles. The van der Waals surface area contributed by atoms with Gasteiger partial charge in [-0.05, 0) is 47.6 Å². The molecule has 0 aliphatic heterocycles. The smallest absolute Gasteiger partial charge is 0.248 e. The average molecular weight is 292 g/mol. The van der Waals surface area contributed by atoms with Crippen molar-refractivity contribution in [1.82, 2.24) is 25.6 Å². The fourth-order valence-electron chi connectivity index (χ4n) is 2.10. The summed E-state index contributed by atoms with van der Waals surface area (Å²) in [5.74, 6) is 0.763. The Morgan fingerprint density at radius 2 is 1.64 bits per heavy atom. The summed E-state index contributed by atoms with van der Waals surface area (Å²) in [6, 6.07) is 12.1. The minimum Gasteiger partial charge on any atom is -0.416 e. The van der Waals surface area contributed by atoms with Crippen LogP contribution in [-0.2, 0) is 0 Å². The maximum Gasteiger partial charge on any atom is 0.248 e. The zero-order valence-electron chi connectivity index (χ0n) is 11.1. The van der Waals surface area contributed by atoms with Crippen molar-refractivity contribution in [3.8, 4) is 22.9 Å². The minimum atomic E-state index is 0.348. The lowest BCUT2D eigenvalue weighted by Gasteiger charge is -1.95. The van der Waals surface area contributed by atoms with Crippen molar-refractivity contribution in [1.29, 1.82) is 0 Å². The van der Waals surface area contributed by atoms with Crippen LogP contribution in [-0.4, -0.2) is 25.6 Å². The zero-order chi connectivity index (χ0) is 14.9. The molecule has 2 aromatic heterocycles. The van der Waals surface area contributed by atoms with Crippen molar-refractivity contribution in [2.75, 3.05) is 0 Å². The number of hydrogen-bond donors (Lipinski definition) is 1. The third kappa shape index (κ3) is 2.03. The molecule has 2 heterocycles. The molecule has 4 aromatic rings. The van der Waals surface area contributed by atoms with Crippen molar-refractivity contribution < 1.29 is 4.42 Å². The molecular weight excluding hydrogens is 284 g/mol. The molecular formula is C14H8N6O2. The van der Waals surface area contributed by atoms with E-state index < -0.39 is 0 Å². The largest absolute Gasteiger partial charge is 0.416 e. The van der Waals surface area contributed by atoms with Crippen LogP contribution in [0.25, 0.3) is 33.9 Å². The molecule has 0 radical (unpaired) electrons. The molecule has 8 heteroatoms. The van der Waals surface area contributed by atoms with Crippen LogP contribution >= 0.6 is 0 Å². The Hall–Kier alpha value is -3.42. The molecule has 0 aliphatic rings. The molecule has 0 saturated carbocycles. The SMILES string of the molecule is O=Nc1ccc(-c2nnc(-c3ccc4nn[nH]c4c3)o2)cc1. The van der Waals surface area contributed by atoms with Crippen LogP contribution in [0.1, 0.15) is 0 Å². The second-order valence-electron chi connectivity index (χ2n) is 4.59. The summed E-state index contributed by atoms with van der Waals surface area (Å²) in [7, 11) is 0. The lowest BCUT2D eigenvalue weighted by atomic mass is 10.2. The second-order valence-corrected chi connectivity index (χ2v) is 4.59. The number of hydrogen-bond acceptors (Lipinski definition) is 7. The van der Waals surface area contributed by atoms with E-state index in [0.29, 0.717) is 17.5 Å². The van der Waals surface area contributed by atoms with Crippen LogP contribution in [0.3, 0.4) is 0 Å². The van der Waals surface area contributed by atoms with Gasteiger partial charge < -0.3 is 4.42 Å². The summed E-state index contributed by atoms with van der Waals surface area (Å²) in [6.07, 6.45) is 0. The van der Waals surface area contributed by atoms with E-state index in [4.69, 9.17) is 4.42 Å². The van der Waals surface area contributed by atoms with E-state index in [0.717, 1.165) is 22.2 Å². The Balaban J connectivity index is 1.71. The summed E-state index contributed by atoms with van der Waals surface area (Å²) in [5, 5.41) is 21.3. The lowest BCUT2D eigenvalue weighted by Crippen LogP contribution is -1.78. The van der Waals surface area contributed by atoms with Crippen LogP contribution in [0, 0.1) is 4.91 Å². The van der Waals surface area contributed by atoms with Crippen molar-refractivity contribution in [2.45, 2.75) is 0 Å². The first kappa shape index (κ1) is 12.3. The molecule has 106 valence electrons. The number of nitroso groups, excluding NO2 is 1. The fraction of sp³-hybridized carbons (Fsp3) is 0. The van der Waals surface area contributed by atoms with E-state index in [2.05, 4.69) is 30.8 Å². The summed E-state index contributed by atoms with van der Waals surface area (Å²) in [4.78, 5) is 10.4. The lowest BCUT2D eigenvalue weighted by molar-refractivity contribution is 0.584. The molecule has 8 nitrogen and oxygen atoms in total. The molecule has 0 atom stereocenters. The average Bonchev–Trinajstić information content (AvgIpc) is 3.23. The topological polar surface area (TPSA) is 110 Å². The number of nitrogens with zero attached hydrogens (tertiary/aromatic N) is 5. The standard InChI is InChI=1S/C14H8N6O2/c21-19-10-4-1-8(2-5-10)13-17-18-14(22-13)9-3-6-11-12(7-9)16-20-15-11/h1-7H,(H,15,16,20). The number of benzene rings is 2. The molecule has 0 saturated heterocycles. The van der Waals surface area contributed by atoms with E-state index in [1.54, 1.807) is 24.3 Å². The van der Waals surface area contributed by atoms with Gasteiger partial charge in [0.2, 0.25) is 11.8 Å². The highest BCUT2D eigenvalue weighted by Crippen LogP contribution is 2.26. The maximum absolute atomic E-state index is 10.4. The molecule has 4 rings (SSSR count). The number of aromatic nitrogens is 5. The predicted octanol–water partition coefficient (Wildman–Crippen LogP) is 3.07. The Morgan fingerprint density at radius 1 is 0.909 bits per heavy atom. The Labute approximate surface area is 123 Å². The second kappa shape index (κ2) is 4.85. The highest BCUT2D eigenvalue weighted by molar-refractivity contribution is 5.79. The van der Waals surface area contributed by atoms with Gasteiger partial charge in [0.15, 0.2) is 0 Å². The third-order valence-corrected chi connectivity index (χ3v) is 3.22. The highest BCUT2D eigenvalue weighted by atomic mass is 16.4. The van der Waals surface area contributed by atoms with E-state index in [-0.39, 0.29) is 0 Å². The molecule has 0 unspecified atom stereocenters. The first-order valence-electron chi connectivity index (χ1n) is 6.42. The number of fused-ring (bicyclic) bond motifs is 1. The summed E-state index contributed by atoms with van der Waals surface area (Å²) >= 11 is 0. The van der Waals surface area contributed by atoms with Crippen LogP contribution in [0.5, 0.6) is 0 Å². The van der Waals surface area contributed by atoms with Crippen LogP contribution in [0.4, 0.5) is 5.69 Å². The Morgan fingerprint density at radius 3 is 2.41 bits per heavy atom. The molecule has 0 spiro atoms. The Kier molecular flexibility index (Phi) is 2.72. The van der Waals surface area contributed by atoms with E-state index >= 15 is 0 Å². The normalized spacial score (nSPS) is 10.9. The van der Waals surface area contributed by atoms with Gasteiger partial charge in [-0.25, -0.2) is 0 Å². The van der Waals surface area contributed by atoms with Gasteiger partial charge in [0.25, 0.3) is 0 Å². The zero-order valence-corrected chi connectivity index (χ0v) is 11.1. The fourth-order valence-corrected chi connectivity index (χ4v) is 2.10. The molecule has 22 heavy (non-hydrogen) atoms. The van der Waals surface area contributed by atoms with Crippen LogP contribution < -0.4 is 0 Å². The Bertz CT molecular complexity index is 957. The molecule has 0 bridgehead atoms. The quantitative estimate of drug-likeness (QED) is 0.581. The van der Waals surface area contributed by atoms with Crippen molar-refractivity contribution in [3.05, 3.63) is 47.4 Å². The number of nitrogens with one attached hydrogen (secondary N) is 1. The number of H-pyrrole nitrogens is 1. The molecule has 1 N–H and O–H groups in total. The summed E-state index contributed by atoms with van der Waals surface area (Å²) in [6.45, 7) is 0. The van der Waals surface area contributed by atoms with E-state index in [9.17, 15) is 4.91 Å². The van der Waals surface area contributed by atoms with E-state index in [1.165, 1.54) is 0 Å². The van der Waals surface area contributed by atoms with Gasteiger partial charge in [-0.1, -0.05) is 5.21 Å². The third-order valence-electron chi connectivity index (χ3n) is 3.22. The predicted molar refractivity (Wildman–Crippen MR) is 78.1 cm³/mol. The van der Waals surface area contributed by atoms with Gasteiger partial charge in [-0.3, -0.25) is 5.10 Å². The van der Waals surface area contributed by atoms with Crippen molar-refractivity contribution in [3.63, 3.8) is 0 Å².